The van der Waals surface area contributed by atoms with Crippen LogP contribution in [0, 0.1) is 23.7 Å². The van der Waals surface area contributed by atoms with Crippen LogP contribution >= 0.6 is 0 Å². The number of cyclic esters (lactones) is 1. The lowest BCUT2D eigenvalue weighted by Gasteiger charge is -2.47. The lowest BCUT2D eigenvalue weighted by atomic mass is 9.79. The van der Waals surface area contributed by atoms with Crippen LogP contribution in [0.1, 0.15) is 67.2 Å². The molecule has 0 saturated carbocycles. The molecule has 0 bridgehead atoms. The van der Waals surface area contributed by atoms with E-state index in [2.05, 4.69) is 0 Å². The number of carbonyl (C=O) groups excluding carboxylic acids is 2. The fraction of sp³-hybridized carbons (Fsp3) is 0.902. The number of fused-ring (bicyclic) bond motifs is 1. The van der Waals surface area contributed by atoms with Crippen LogP contribution < -0.4 is 0 Å². The molecule has 3 saturated heterocycles. The molecular formula is C41H71NO16. The molecule has 0 radical (unpaired) electrons. The van der Waals surface area contributed by atoms with E-state index in [0.29, 0.717) is 6.42 Å². The van der Waals surface area contributed by atoms with E-state index in [1.807, 2.05) is 13.8 Å². The number of methoxy groups -OCH3 is 4. The molecule has 336 valence electrons. The van der Waals surface area contributed by atoms with Crippen molar-refractivity contribution in [3.63, 3.8) is 0 Å². The van der Waals surface area contributed by atoms with E-state index in [1.165, 1.54) is 34.5 Å². The molecule has 0 amide bonds. The van der Waals surface area contributed by atoms with E-state index < -0.39 is 134 Å². The highest BCUT2D eigenvalue weighted by Gasteiger charge is 2.58. The van der Waals surface area contributed by atoms with E-state index in [1.54, 1.807) is 52.8 Å². The van der Waals surface area contributed by atoms with Gasteiger partial charge in [-0.25, -0.2) is 0 Å². The standard InChI is InChI=1S/C41H71NO16/c1-13-28-25(19-53-40-37(52-12)36(51-11)33(47)23(5)55-40)38-41(6,58-38)15-14-26(43)20(2)16-24(17-30(49-9)50-10)35(21(3)27(44)18-29(45)56-28)57-39-34(48)31(42(7)8)32(46)22(4)54-39/h14-15,20-25,27-28,30-40,44,46-48H,13,16-19H2,1-12H3/b15-14+/t20-,21+,22-,23-,24-,25-,27-,28-,31+,32-,33-,34-,35-,36-,37-,38-,39+,40-,41-/m1/s1. The second-order valence-electron chi connectivity index (χ2n) is 16.9. The van der Waals surface area contributed by atoms with Gasteiger partial charge in [0.2, 0.25) is 0 Å². The first-order valence-corrected chi connectivity index (χ1v) is 20.5. The number of carbonyl (C=O) groups is 2. The molecule has 58 heavy (non-hydrogen) atoms. The Balaban J connectivity index is 1.68. The molecule has 4 aliphatic heterocycles. The predicted octanol–water partition coefficient (Wildman–Crippen LogP) is 1.19. The fourth-order valence-corrected chi connectivity index (χ4v) is 8.82. The molecule has 19 atom stereocenters. The molecule has 0 aliphatic carbocycles. The summed E-state index contributed by atoms with van der Waals surface area (Å²) in [4.78, 5) is 29.4. The Kier molecular flexibility index (Phi) is 18.1. The van der Waals surface area contributed by atoms with Crippen molar-refractivity contribution in [2.45, 2.75) is 165 Å². The summed E-state index contributed by atoms with van der Waals surface area (Å²) in [6.07, 6.45) is -8.75. The Morgan fingerprint density at radius 3 is 2.09 bits per heavy atom. The Bertz CT molecular complexity index is 1330. The van der Waals surface area contributed by atoms with Gasteiger partial charge in [-0.1, -0.05) is 20.8 Å². The number of hydrogen-bond donors (Lipinski definition) is 4. The third kappa shape index (κ3) is 11.4. The summed E-state index contributed by atoms with van der Waals surface area (Å²) < 4.78 is 59.7. The Morgan fingerprint density at radius 2 is 1.50 bits per heavy atom. The van der Waals surface area contributed by atoms with Gasteiger partial charge in [-0.2, -0.15) is 0 Å². The molecule has 0 spiro atoms. The summed E-state index contributed by atoms with van der Waals surface area (Å²) >= 11 is 0. The number of aliphatic hydroxyl groups is 4. The first kappa shape index (κ1) is 49.0. The summed E-state index contributed by atoms with van der Waals surface area (Å²) in [7, 11) is 9.41. The molecule has 17 heteroatoms. The molecule has 0 aromatic heterocycles. The summed E-state index contributed by atoms with van der Waals surface area (Å²) in [6, 6.07) is -0.732. The molecule has 17 nitrogen and oxygen atoms in total. The quantitative estimate of drug-likeness (QED) is 0.117. The van der Waals surface area contributed by atoms with Gasteiger partial charge in [0, 0.05) is 52.6 Å². The minimum atomic E-state index is -1.30. The molecule has 4 rings (SSSR count). The molecule has 4 aliphatic rings. The van der Waals surface area contributed by atoms with Crippen LogP contribution in [0.4, 0.5) is 0 Å². The van der Waals surface area contributed by atoms with Crippen LogP contribution in [0.2, 0.25) is 0 Å². The van der Waals surface area contributed by atoms with Crippen molar-refractivity contribution in [1.29, 1.82) is 0 Å². The van der Waals surface area contributed by atoms with Crippen LogP contribution in [0.5, 0.6) is 0 Å². The maximum Gasteiger partial charge on any atom is 0.308 e. The zero-order chi connectivity index (χ0) is 43.2. The largest absolute Gasteiger partial charge is 0.462 e. The van der Waals surface area contributed by atoms with Crippen molar-refractivity contribution in [3.8, 4) is 0 Å². The molecule has 0 aromatic carbocycles. The van der Waals surface area contributed by atoms with Crippen LogP contribution in [-0.2, 0) is 57.0 Å². The second kappa shape index (κ2) is 21.4. The number of esters is 1. The lowest BCUT2D eigenvalue weighted by molar-refractivity contribution is -0.306. The molecule has 4 N–H and O–H groups in total. The van der Waals surface area contributed by atoms with Gasteiger partial charge in [0.25, 0.3) is 0 Å². The number of nitrogens with zero attached hydrogens (tertiary/aromatic N) is 1. The lowest BCUT2D eigenvalue weighted by Crippen LogP contribution is -2.63. The van der Waals surface area contributed by atoms with Crippen molar-refractivity contribution >= 4 is 11.8 Å². The maximum absolute atomic E-state index is 13.9. The van der Waals surface area contributed by atoms with E-state index in [9.17, 15) is 30.0 Å². The number of likely N-dealkylation sites (N-methyl/N-ethyl adjacent to an activating group) is 1. The Labute approximate surface area is 343 Å². The number of ether oxygens (including phenoxy) is 10. The van der Waals surface area contributed by atoms with Crippen molar-refractivity contribution < 1.29 is 77.4 Å². The molecule has 3 fully saturated rings. The first-order chi connectivity index (χ1) is 27.3. The number of ketones is 1. The first-order valence-electron chi connectivity index (χ1n) is 20.5. The zero-order valence-corrected chi connectivity index (χ0v) is 36.3. The van der Waals surface area contributed by atoms with Gasteiger partial charge in [0.15, 0.2) is 24.7 Å². The van der Waals surface area contributed by atoms with Crippen molar-refractivity contribution in [3.05, 3.63) is 12.2 Å². The average molecular weight is 834 g/mol. The number of epoxide rings is 1. The highest BCUT2D eigenvalue weighted by molar-refractivity contribution is 5.91. The van der Waals surface area contributed by atoms with E-state index >= 15 is 0 Å². The summed E-state index contributed by atoms with van der Waals surface area (Å²) in [5, 5.41) is 44.9. The maximum atomic E-state index is 13.9. The molecule has 4 heterocycles. The van der Waals surface area contributed by atoms with Gasteiger partial charge < -0.3 is 72.7 Å². The van der Waals surface area contributed by atoms with Crippen LogP contribution in [0.25, 0.3) is 0 Å². The van der Waals surface area contributed by atoms with Gasteiger partial charge >= 0.3 is 5.97 Å². The SMILES string of the molecule is CC[C@H]1OC(=O)C[C@@H](O)[C@H](C)[C@@H](O[C@@H]2O[C@H](C)[C@@H](O)[C@H](N(C)C)[C@H]2O)[C@@H](CC(OC)OC)C[C@@H](C)C(=O)/C=C/[C@@]2(C)O[C@@H]2[C@@H]1CO[C@@H]1O[C@H](C)[C@@H](O)[C@@H](OC)[C@H]1OC. The minimum absolute atomic E-state index is 0.00446. The summed E-state index contributed by atoms with van der Waals surface area (Å²) in [5.41, 5.74) is -0.901. The van der Waals surface area contributed by atoms with Crippen LogP contribution in [0.3, 0.4) is 0 Å². The Hall–Kier alpha value is -1.68. The molecular weight excluding hydrogens is 762 g/mol. The summed E-state index contributed by atoms with van der Waals surface area (Å²) in [6.45, 7) is 10.6. The molecule has 0 unspecified atom stereocenters. The number of aliphatic hydroxyl groups excluding tert-OH is 4. The fourth-order valence-electron chi connectivity index (χ4n) is 8.82. The zero-order valence-electron chi connectivity index (χ0n) is 36.3. The topological polar surface area (TPSA) is 214 Å². The van der Waals surface area contributed by atoms with Gasteiger partial charge in [0.1, 0.15) is 36.1 Å². The highest BCUT2D eigenvalue weighted by Crippen LogP contribution is 2.46. The minimum Gasteiger partial charge on any atom is -0.462 e. The van der Waals surface area contributed by atoms with Crippen molar-refractivity contribution in [2.75, 3.05) is 49.1 Å². The second-order valence-corrected chi connectivity index (χ2v) is 16.9. The Morgan fingerprint density at radius 1 is 0.879 bits per heavy atom. The van der Waals surface area contributed by atoms with Gasteiger partial charge in [-0.15, -0.1) is 0 Å². The van der Waals surface area contributed by atoms with Crippen molar-refractivity contribution in [2.24, 2.45) is 23.7 Å². The van der Waals surface area contributed by atoms with E-state index in [0.717, 1.165) is 0 Å². The van der Waals surface area contributed by atoms with Gasteiger partial charge in [-0.05, 0) is 65.8 Å². The third-order valence-corrected chi connectivity index (χ3v) is 12.6. The highest BCUT2D eigenvalue weighted by atomic mass is 16.7. The number of allylic oxidation sites excluding steroid dienone is 1. The van der Waals surface area contributed by atoms with E-state index in [4.69, 9.17) is 47.4 Å². The van der Waals surface area contributed by atoms with Crippen LogP contribution in [-0.4, -0.2) is 184 Å². The summed E-state index contributed by atoms with van der Waals surface area (Å²) in [5.74, 6) is -3.23. The van der Waals surface area contributed by atoms with Crippen molar-refractivity contribution in [1.82, 2.24) is 4.90 Å². The molecule has 0 aromatic rings. The van der Waals surface area contributed by atoms with Gasteiger partial charge in [-0.3, -0.25) is 9.59 Å². The number of hydrogen-bond acceptors (Lipinski definition) is 17. The third-order valence-electron chi connectivity index (χ3n) is 12.6. The number of rotatable bonds is 13. The van der Waals surface area contributed by atoms with Gasteiger partial charge in [0.05, 0.1) is 55.7 Å². The average Bonchev–Trinajstić information content (AvgIpc) is 3.86. The monoisotopic (exact) mass is 833 g/mol. The normalized spacial score (nSPS) is 45.2. The van der Waals surface area contributed by atoms with E-state index in [-0.39, 0.29) is 25.2 Å². The van der Waals surface area contributed by atoms with Crippen LogP contribution in [0.15, 0.2) is 12.2 Å². The smallest absolute Gasteiger partial charge is 0.308 e. The predicted molar refractivity (Wildman–Crippen MR) is 207 cm³/mol.